The first-order valence-electron chi connectivity index (χ1n) is 4.73. The fraction of sp³-hybridized carbons (Fsp3) is 0.700. The highest BCUT2D eigenvalue weighted by atomic mass is 16.5. The Morgan fingerprint density at radius 1 is 1.38 bits per heavy atom. The zero-order chi connectivity index (χ0) is 10.3. The van der Waals surface area contributed by atoms with E-state index in [1.165, 1.54) is 12.7 Å². The average molecular weight is 185 g/mol. The third-order valence-corrected chi connectivity index (χ3v) is 1.90. The minimum Gasteiger partial charge on any atom is -0.453 e. The Morgan fingerprint density at radius 3 is 2.23 bits per heavy atom. The van der Waals surface area contributed by atoms with E-state index in [1.54, 1.807) is 4.90 Å². The lowest BCUT2D eigenvalue weighted by Crippen LogP contribution is -2.35. The molecule has 0 atom stereocenters. The first-order chi connectivity index (χ1) is 6.24. The van der Waals surface area contributed by atoms with Crippen LogP contribution in [-0.2, 0) is 4.74 Å². The van der Waals surface area contributed by atoms with Gasteiger partial charge in [-0.3, -0.25) is 0 Å². The number of nitrogens with zero attached hydrogens (tertiary/aromatic N) is 1. The van der Waals surface area contributed by atoms with Gasteiger partial charge < -0.3 is 9.64 Å². The molecule has 76 valence electrons. The van der Waals surface area contributed by atoms with Crippen molar-refractivity contribution >= 4 is 6.09 Å². The third-order valence-electron chi connectivity index (χ3n) is 1.90. The maximum absolute atomic E-state index is 10.9. The van der Waals surface area contributed by atoms with Crippen LogP contribution in [0.5, 0.6) is 0 Å². The molecular formula is C10H19NO2. The fourth-order valence-electron chi connectivity index (χ4n) is 1.13. The molecule has 0 aliphatic carbocycles. The summed E-state index contributed by atoms with van der Waals surface area (Å²) < 4.78 is 4.58. The van der Waals surface area contributed by atoms with Crippen molar-refractivity contribution in [2.45, 2.75) is 26.7 Å². The van der Waals surface area contributed by atoms with E-state index in [0.717, 1.165) is 25.9 Å². The van der Waals surface area contributed by atoms with Crippen LogP contribution in [0.15, 0.2) is 12.2 Å². The van der Waals surface area contributed by atoms with Gasteiger partial charge in [0.25, 0.3) is 0 Å². The molecule has 0 unspecified atom stereocenters. The highest BCUT2D eigenvalue weighted by Gasteiger charge is 2.17. The van der Waals surface area contributed by atoms with Crippen molar-refractivity contribution in [1.82, 2.24) is 4.90 Å². The lowest BCUT2D eigenvalue weighted by Gasteiger charge is -2.26. The predicted molar refractivity (Wildman–Crippen MR) is 53.7 cm³/mol. The van der Waals surface area contributed by atoms with Crippen molar-refractivity contribution in [2.24, 2.45) is 0 Å². The van der Waals surface area contributed by atoms with Gasteiger partial charge in [-0.05, 0) is 12.8 Å². The van der Waals surface area contributed by atoms with Gasteiger partial charge in [0.1, 0.15) is 0 Å². The summed E-state index contributed by atoms with van der Waals surface area (Å²) >= 11 is 0. The third kappa shape index (κ3) is 3.97. The van der Waals surface area contributed by atoms with Crippen molar-refractivity contribution < 1.29 is 9.53 Å². The second-order valence-electron chi connectivity index (χ2n) is 2.71. The Morgan fingerprint density at radius 2 is 1.85 bits per heavy atom. The Hall–Kier alpha value is -0.990. The molecule has 3 nitrogen and oxygen atoms in total. The fourth-order valence-corrected chi connectivity index (χ4v) is 1.13. The van der Waals surface area contributed by atoms with Gasteiger partial charge in [-0.25, -0.2) is 4.79 Å². The van der Waals surface area contributed by atoms with E-state index in [-0.39, 0.29) is 6.09 Å². The number of methoxy groups -OCH3 is 1. The van der Waals surface area contributed by atoms with Crippen LogP contribution in [0.4, 0.5) is 4.79 Å². The van der Waals surface area contributed by atoms with E-state index in [1.807, 2.05) is 13.8 Å². The van der Waals surface area contributed by atoms with Gasteiger partial charge in [0.15, 0.2) is 0 Å². The highest BCUT2D eigenvalue weighted by molar-refractivity contribution is 5.67. The van der Waals surface area contributed by atoms with Crippen LogP contribution < -0.4 is 0 Å². The number of piperidine rings is 1. The molecule has 1 aliphatic rings. The zero-order valence-corrected chi connectivity index (χ0v) is 8.80. The molecule has 0 aromatic rings. The van der Waals surface area contributed by atoms with Gasteiger partial charge in [0, 0.05) is 13.1 Å². The number of amides is 1. The maximum Gasteiger partial charge on any atom is 0.409 e. The van der Waals surface area contributed by atoms with Gasteiger partial charge in [-0.1, -0.05) is 26.0 Å². The summed E-state index contributed by atoms with van der Waals surface area (Å²) in [5, 5.41) is 0. The van der Waals surface area contributed by atoms with E-state index in [0.29, 0.717) is 0 Å². The van der Waals surface area contributed by atoms with Crippen LogP contribution in [0.2, 0.25) is 0 Å². The monoisotopic (exact) mass is 185 g/mol. The van der Waals surface area contributed by atoms with E-state index >= 15 is 0 Å². The molecular weight excluding hydrogens is 166 g/mol. The zero-order valence-electron chi connectivity index (χ0n) is 8.80. The molecule has 1 saturated heterocycles. The average Bonchev–Trinajstić information content (AvgIpc) is 2.21. The molecule has 1 amide bonds. The van der Waals surface area contributed by atoms with Crippen LogP contribution in [0.3, 0.4) is 0 Å². The van der Waals surface area contributed by atoms with E-state index < -0.39 is 0 Å². The smallest absolute Gasteiger partial charge is 0.409 e. The Balaban J connectivity index is 0.000000671. The van der Waals surface area contributed by atoms with Gasteiger partial charge in [-0.15, -0.1) is 0 Å². The van der Waals surface area contributed by atoms with Gasteiger partial charge in [0.2, 0.25) is 0 Å². The van der Waals surface area contributed by atoms with Crippen LogP contribution >= 0.6 is 0 Å². The van der Waals surface area contributed by atoms with E-state index in [2.05, 4.69) is 11.3 Å². The van der Waals surface area contributed by atoms with Crippen molar-refractivity contribution in [2.75, 3.05) is 20.2 Å². The molecule has 0 spiro atoms. The molecule has 13 heavy (non-hydrogen) atoms. The first kappa shape index (κ1) is 12.0. The number of hydrogen-bond donors (Lipinski definition) is 0. The van der Waals surface area contributed by atoms with Crippen molar-refractivity contribution in [3.63, 3.8) is 0 Å². The molecule has 0 saturated carbocycles. The lowest BCUT2D eigenvalue weighted by molar-refractivity contribution is 0.120. The normalized spacial score (nSPS) is 15.9. The van der Waals surface area contributed by atoms with Gasteiger partial charge >= 0.3 is 6.09 Å². The summed E-state index contributed by atoms with van der Waals surface area (Å²) in [4.78, 5) is 12.7. The number of ether oxygens (including phenoxy) is 1. The number of carbonyl (C=O) groups is 1. The minimum absolute atomic E-state index is 0.225. The van der Waals surface area contributed by atoms with E-state index in [4.69, 9.17) is 0 Å². The van der Waals surface area contributed by atoms with Crippen LogP contribution in [0, 0.1) is 0 Å². The number of likely N-dealkylation sites (tertiary alicyclic amines) is 1. The summed E-state index contributed by atoms with van der Waals surface area (Å²) in [6.45, 7) is 9.37. The maximum atomic E-state index is 10.9. The largest absolute Gasteiger partial charge is 0.453 e. The molecule has 0 radical (unpaired) electrons. The summed E-state index contributed by atoms with van der Waals surface area (Å²) in [5.41, 5.74) is 1.23. The van der Waals surface area contributed by atoms with Crippen molar-refractivity contribution in [3.8, 4) is 0 Å². The summed E-state index contributed by atoms with van der Waals surface area (Å²) in [5.74, 6) is 0. The van der Waals surface area contributed by atoms with Gasteiger partial charge in [-0.2, -0.15) is 0 Å². The van der Waals surface area contributed by atoms with Gasteiger partial charge in [0.05, 0.1) is 7.11 Å². The Labute approximate surface area is 80.4 Å². The molecule has 0 N–H and O–H groups in total. The molecule has 0 bridgehead atoms. The summed E-state index contributed by atoms with van der Waals surface area (Å²) in [6, 6.07) is 0. The molecule has 1 rings (SSSR count). The summed E-state index contributed by atoms with van der Waals surface area (Å²) in [7, 11) is 1.41. The predicted octanol–water partition coefficient (Wildman–Crippen LogP) is 2.43. The molecule has 3 heteroatoms. The standard InChI is InChI=1S/C8H13NO2.C2H6/c1-7-3-5-9(6-4-7)8(10)11-2;1-2/h1,3-6H2,2H3;1-2H3. The van der Waals surface area contributed by atoms with Crippen LogP contribution in [-0.4, -0.2) is 31.2 Å². The van der Waals surface area contributed by atoms with Crippen molar-refractivity contribution in [3.05, 3.63) is 12.2 Å². The number of carbonyl (C=O) groups excluding carboxylic acids is 1. The Bertz CT molecular complexity index is 168. The SMILES string of the molecule is C=C1CCN(C(=O)OC)CC1.CC. The van der Waals surface area contributed by atoms with Crippen molar-refractivity contribution in [1.29, 1.82) is 0 Å². The molecule has 1 heterocycles. The summed E-state index contributed by atoms with van der Waals surface area (Å²) in [6.07, 6.45) is 1.60. The molecule has 1 fully saturated rings. The van der Waals surface area contributed by atoms with Crippen LogP contribution in [0.25, 0.3) is 0 Å². The topological polar surface area (TPSA) is 29.5 Å². The number of rotatable bonds is 0. The molecule has 1 aliphatic heterocycles. The van der Waals surface area contributed by atoms with Crippen LogP contribution in [0.1, 0.15) is 26.7 Å². The quantitative estimate of drug-likeness (QED) is 0.542. The molecule has 0 aromatic heterocycles. The molecule has 0 aromatic carbocycles. The minimum atomic E-state index is -0.225. The number of hydrogen-bond acceptors (Lipinski definition) is 2. The highest BCUT2D eigenvalue weighted by Crippen LogP contribution is 2.13. The first-order valence-corrected chi connectivity index (χ1v) is 4.73. The second-order valence-corrected chi connectivity index (χ2v) is 2.71. The lowest BCUT2D eigenvalue weighted by atomic mass is 10.1. The second kappa shape index (κ2) is 6.52. The van der Waals surface area contributed by atoms with E-state index in [9.17, 15) is 4.79 Å². The Kier molecular flexibility index (Phi) is 6.02.